The average Bonchev–Trinajstić information content (AvgIpc) is 2.33. The Bertz CT molecular complexity index is 243. The molecule has 2 atom stereocenters. The van der Waals surface area contributed by atoms with Gasteiger partial charge in [-0.05, 0) is 19.8 Å². The molecule has 1 aliphatic rings. The Labute approximate surface area is 112 Å². The van der Waals surface area contributed by atoms with Crippen molar-refractivity contribution in [3.63, 3.8) is 0 Å². The number of aliphatic hydroxyl groups is 1. The molecule has 3 nitrogen and oxygen atoms in total. The maximum absolute atomic E-state index is 12.1. The normalized spacial score (nSPS) is 21.3. The molecule has 1 aliphatic carbocycles. The van der Waals surface area contributed by atoms with Gasteiger partial charge in [0.1, 0.15) is 0 Å². The molecule has 19 heavy (non-hydrogen) atoms. The van der Waals surface area contributed by atoms with E-state index in [-0.39, 0.29) is 19.3 Å². The molecule has 0 aromatic carbocycles. The van der Waals surface area contributed by atoms with Crippen LogP contribution in [-0.4, -0.2) is 42.7 Å². The van der Waals surface area contributed by atoms with Gasteiger partial charge in [0, 0.05) is 12.6 Å². The van der Waals surface area contributed by atoms with E-state index in [1.807, 2.05) is 0 Å². The number of halogens is 3. The highest BCUT2D eigenvalue weighted by Crippen LogP contribution is 2.21. The lowest BCUT2D eigenvalue weighted by Crippen LogP contribution is -2.38. The number of aliphatic hydroxyl groups excluding tert-OH is 1. The van der Waals surface area contributed by atoms with Gasteiger partial charge in [-0.25, -0.2) is 0 Å². The van der Waals surface area contributed by atoms with Crippen molar-refractivity contribution >= 4 is 0 Å². The van der Waals surface area contributed by atoms with Gasteiger partial charge in [0.15, 0.2) is 0 Å². The highest BCUT2D eigenvalue weighted by atomic mass is 19.4. The second-order valence-electron chi connectivity index (χ2n) is 5.38. The first-order valence-corrected chi connectivity index (χ1v) is 6.96. The van der Waals surface area contributed by atoms with Crippen LogP contribution < -0.4 is 5.32 Å². The van der Waals surface area contributed by atoms with Gasteiger partial charge in [-0.3, -0.25) is 0 Å². The molecule has 114 valence electrons. The first-order valence-electron chi connectivity index (χ1n) is 6.96. The minimum absolute atomic E-state index is 0.129. The molecule has 0 heterocycles. The van der Waals surface area contributed by atoms with Crippen LogP contribution in [0.4, 0.5) is 13.2 Å². The summed E-state index contributed by atoms with van der Waals surface area (Å²) >= 11 is 0. The van der Waals surface area contributed by atoms with Crippen LogP contribution in [0.1, 0.15) is 45.4 Å². The van der Waals surface area contributed by atoms with E-state index < -0.39 is 24.7 Å². The number of rotatable bonds is 7. The SMILES string of the molecule is CC(CC(F)(F)F)NCC(O)COC1CCCCC1. The molecule has 2 unspecified atom stereocenters. The standard InChI is InChI=1S/C13H24F3NO2/c1-10(7-13(14,15)16)17-8-11(18)9-19-12-5-3-2-4-6-12/h10-12,17-18H,2-9H2,1H3. The van der Waals surface area contributed by atoms with Crippen molar-refractivity contribution < 1.29 is 23.0 Å². The van der Waals surface area contributed by atoms with Crippen LogP contribution in [0, 0.1) is 0 Å². The smallest absolute Gasteiger partial charge is 0.389 e. The summed E-state index contributed by atoms with van der Waals surface area (Å²) in [5.74, 6) is 0. The van der Waals surface area contributed by atoms with Gasteiger partial charge < -0.3 is 15.2 Å². The molecule has 0 radical (unpaired) electrons. The predicted molar refractivity (Wildman–Crippen MR) is 67.0 cm³/mol. The minimum atomic E-state index is -4.17. The lowest BCUT2D eigenvalue weighted by molar-refractivity contribution is -0.139. The Morgan fingerprint density at radius 2 is 1.89 bits per heavy atom. The van der Waals surface area contributed by atoms with Gasteiger partial charge in [0.25, 0.3) is 0 Å². The molecule has 6 heteroatoms. The molecule has 0 saturated heterocycles. The second-order valence-corrected chi connectivity index (χ2v) is 5.38. The molecule has 0 aliphatic heterocycles. The molecule has 1 saturated carbocycles. The van der Waals surface area contributed by atoms with Gasteiger partial charge in [-0.1, -0.05) is 19.3 Å². The van der Waals surface area contributed by atoms with Gasteiger partial charge in [0.2, 0.25) is 0 Å². The van der Waals surface area contributed by atoms with Gasteiger partial charge in [-0.15, -0.1) is 0 Å². The van der Waals surface area contributed by atoms with E-state index in [0.717, 1.165) is 25.7 Å². The van der Waals surface area contributed by atoms with Crippen molar-refractivity contribution in [2.75, 3.05) is 13.2 Å². The molecule has 0 aromatic rings. The Morgan fingerprint density at radius 3 is 2.47 bits per heavy atom. The first-order chi connectivity index (χ1) is 8.87. The van der Waals surface area contributed by atoms with Crippen LogP contribution in [0.15, 0.2) is 0 Å². The zero-order valence-corrected chi connectivity index (χ0v) is 11.4. The van der Waals surface area contributed by atoms with Crippen LogP contribution in [0.3, 0.4) is 0 Å². The van der Waals surface area contributed by atoms with Gasteiger partial charge in [-0.2, -0.15) is 13.2 Å². The topological polar surface area (TPSA) is 41.5 Å². The first kappa shape index (κ1) is 16.7. The predicted octanol–water partition coefficient (Wildman–Crippen LogP) is 2.63. The highest BCUT2D eigenvalue weighted by molar-refractivity contribution is 4.70. The third-order valence-electron chi connectivity index (χ3n) is 3.32. The summed E-state index contributed by atoms with van der Waals surface area (Å²) in [6, 6.07) is -0.690. The number of hydrogen-bond donors (Lipinski definition) is 2. The van der Waals surface area contributed by atoms with E-state index in [4.69, 9.17) is 4.74 Å². The maximum Gasteiger partial charge on any atom is 0.390 e. The van der Waals surface area contributed by atoms with Crippen molar-refractivity contribution in [2.24, 2.45) is 0 Å². The van der Waals surface area contributed by atoms with Crippen LogP contribution in [-0.2, 0) is 4.74 Å². The maximum atomic E-state index is 12.1. The molecule has 0 spiro atoms. The monoisotopic (exact) mass is 283 g/mol. The molecule has 0 bridgehead atoms. The third kappa shape index (κ3) is 8.44. The number of alkyl halides is 3. The van der Waals surface area contributed by atoms with E-state index >= 15 is 0 Å². The summed E-state index contributed by atoms with van der Waals surface area (Å²) in [6.45, 7) is 1.78. The van der Waals surface area contributed by atoms with Crippen LogP contribution in [0.2, 0.25) is 0 Å². The summed E-state index contributed by atoms with van der Waals surface area (Å²) in [5.41, 5.74) is 0. The lowest BCUT2D eigenvalue weighted by Gasteiger charge is -2.24. The van der Waals surface area contributed by atoms with Crippen molar-refractivity contribution in [3.05, 3.63) is 0 Å². The van der Waals surface area contributed by atoms with Crippen molar-refractivity contribution in [2.45, 2.75) is 69.9 Å². The fourth-order valence-corrected chi connectivity index (χ4v) is 2.29. The average molecular weight is 283 g/mol. The van der Waals surface area contributed by atoms with Gasteiger partial charge in [0.05, 0.1) is 25.2 Å². The molecule has 0 amide bonds. The number of ether oxygens (including phenoxy) is 1. The molecular formula is C13H24F3NO2. The molecule has 1 fully saturated rings. The summed E-state index contributed by atoms with van der Waals surface area (Å²) in [4.78, 5) is 0. The fraction of sp³-hybridized carbons (Fsp3) is 1.00. The quantitative estimate of drug-likeness (QED) is 0.754. The lowest BCUT2D eigenvalue weighted by atomic mass is 9.98. The molecule has 0 aromatic heterocycles. The van der Waals surface area contributed by atoms with E-state index in [1.54, 1.807) is 0 Å². The van der Waals surface area contributed by atoms with Crippen molar-refractivity contribution in [1.29, 1.82) is 0 Å². The third-order valence-corrected chi connectivity index (χ3v) is 3.32. The molecule has 1 rings (SSSR count). The Kier molecular flexibility index (Phi) is 7.10. The van der Waals surface area contributed by atoms with Crippen molar-refractivity contribution in [3.8, 4) is 0 Å². The fourth-order valence-electron chi connectivity index (χ4n) is 2.29. The second kappa shape index (κ2) is 8.07. The van der Waals surface area contributed by atoms with Crippen LogP contribution in [0.25, 0.3) is 0 Å². The summed E-state index contributed by atoms with van der Waals surface area (Å²) in [6.07, 6.45) is -0.0232. The van der Waals surface area contributed by atoms with E-state index in [0.29, 0.717) is 0 Å². The van der Waals surface area contributed by atoms with Crippen LogP contribution >= 0.6 is 0 Å². The molecule has 2 N–H and O–H groups in total. The Balaban J connectivity index is 2.08. The van der Waals surface area contributed by atoms with E-state index in [9.17, 15) is 18.3 Å². The summed E-state index contributed by atoms with van der Waals surface area (Å²) < 4.78 is 41.8. The van der Waals surface area contributed by atoms with Crippen LogP contribution in [0.5, 0.6) is 0 Å². The highest BCUT2D eigenvalue weighted by Gasteiger charge is 2.29. The summed E-state index contributed by atoms with van der Waals surface area (Å²) in [7, 11) is 0. The number of hydrogen-bond acceptors (Lipinski definition) is 3. The zero-order valence-electron chi connectivity index (χ0n) is 11.4. The van der Waals surface area contributed by atoms with Crippen molar-refractivity contribution in [1.82, 2.24) is 5.32 Å². The number of nitrogens with one attached hydrogen (secondary N) is 1. The van der Waals surface area contributed by atoms with Gasteiger partial charge >= 0.3 is 6.18 Å². The minimum Gasteiger partial charge on any atom is -0.389 e. The Hall–Kier alpha value is -0.330. The van der Waals surface area contributed by atoms with E-state index in [1.165, 1.54) is 13.3 Å². The zero-order chi connectivity index (χ0) is 14.3. The Morgan fingerprint density at radius 1 is 1.26 bits per heavy atom. The van der Waals surface area contributed by atoms with E-state index in [2.05, 4.69) is 5.32 Å². The largest absolute Gasteiger partial charge is 0.390 e. The molecular weight excluding hydrogens is 259 g/mol. The summed E-state index contributed by atoms with van der Waals surface area (Å²) in [5, 5.41) is 12.3.